The monoisotopic (exact) mass is 257 g/mol. The molecule has 0 aliphatic heterocycles. The van der Waals surface area contributed by atoms with Gasteiger partial charge in [-0.1, -0.05) is 46.5 Å². The fraction of sp³-hybridized carbons (Fsp3) is 0.846. The molecule has 0 saturated heterocycles. The van der Waals surface area contributed by atoms with E-state index in [1.165, 1.54) is 25.7 Å². The maximum Gasteiger partial charge on any atom is 0.225 e. The van der Waals surface area contributed by atoms with Crippen molar-refractivity contribution < 1.29 is 0 Å². The standard InChI is InChI=1S/C13H24ClN3/c1-5-6-7-8-9-11(4)17-12(10(2)3)15-16-13(17)14/h10-11H,5-9H2,1-4H3. The van der Waals surface area contributed by atoms with Crippen molar-refractivity contribution in [2.45, 2.75) is 71.8 Å². The van der Waals surface area contributed by atoms with Crippen molar-refractivity contribution in [3.05, 3.63) is 11.1 Å². The van der Waals surface area contributed by atoms with E-state index in [0.29, 0.717) is 17.2 Å². The van der Waals surface area contributed by atoms with Crippen molar-refractivity contribution in [2.75, 3.05) is 0 Å². The van der Waals surface area contributed by atoms with Crippen LogP contribution < -0.4 is 0 Å². The SMILES string of the molecule is CCCCCCC(C)n1c(Cl)nnc1C(C)C. The van der Waals surface area contributed by atoms with Crippen LogP contribution in [0, 0.1) is 0 Å². The molecule has 1 unspecified atom stereocenters. The predicted molar refractivity (Wildman–Crippen MR) is 72.6 cm³/mol. The number of unbranched alkanes of at least 4 members (excludes halogenated alkanes) is 3. The van der Waals surface area contributed by atoms with Crippen LogP contribution in [-0.4, -0.2) is 14.8 Å². The lowest BCUT2D eigenvalue weighted by Gasteiger charge is -2.17. The topological polar surface area (TPSA) is 30.7 Å². The molecular formula is C13H24ClN3. The lowest BCUT2D eigenvalue weighted by atomic mass is 10.1. The molecule has 0 amide bonds. The smallest absolute Gasteiger partial charge is 0.225 e. The first-order chi connectivity index (χ1) is 8.07. The third-order valence-corrected chi connectivity index (χ3v) is 3.37. The van der Waals surface area contributed by atoms with E-state index in [4.69, 9.17) is 11.6 Å². The largest absolute Gasteiger partial charge is 0.299 e. The maximum absolute atomic E-state index is 6.11. The summed E-state index contributed by atoms with van der Waals surface area (Å²) in [4.78, 5) is 0. The summed E-state index contributed by atoms with van der Waals surface area (Å²) in [5.41, 5.74) is 0. The summed E-state index contributed by atoms with van der Waals surface area (Å²) in [6.07, 6.45) is 6.30. The van der Waals surface area contributed by atoms with Gasteiger partial charge in [-0.2, -0.15) is 0 Å². The van der Waals surface area contributed by atoms with E-state index in [2.05, 4.69) is 42.5 Å². The second-order valence-electron chi connectivity index (χ2n) is 5.05. The van der Waals surface area contributed by atoms with Crippen LogP contribution in [0.4, 0.5) is 0 Å². The highest BCUT2D eigenvalue weighted by atomic mass is 35.5. The van der Waals surface area contributed by atoms with Gasteiger partial charge in [0.25, 0.3) is 0 Å². The highest BCUT2D eigenvalue weighted by Gasteiger charge is 2.17. The van der Waals surface area contributed by atoms with Gasteiger partial charge in [-0.3, -0.25) is 4.57 Å². The zero-order valence-corrected chi connectivity index (χ0v) is 12.2. The first kappa shape index (κ1) is 14.5. The molecule has 0 spiro atoms. The van der Waals surface area contributed by atoms with Crippen molar-refractivity contribution in [1.29, 1.82) is 0 Å². The van der Waals surface area contributed by atoms with Gasteiger partial charge in [-0.25, -0.2) is 0 Å². The van der Waals surface area contributed by atoms with Crippen molar-refractivity contribution in [3.63, 3.8) is 0 Å². The van der Waals surface area contributed by atoms with E-state index >= 15 is 0 Å². The highest BCUT2D eigenvalue weighted by molar-refractivity contribution is 6.28. The van der Waals surface area contributed by atoms with Crippen LogP contribution in [0.2, 0.25) is 5.28 Å². The van der Waals surface area contributed by atoms with E-state index in [9.17, 15) is 0 Å². The Kier molecular flexibility index (Phi) is 5.96. The number of rotatable bonds is 7. The zero-order chi connectivity index (χ0) is 12.8. The van der Waals surface area contributed by atoms with Crippen molar-refractivity contribution in [1.82, 2.24) is 14.8 Å². The van der Waals surface area contributed by atoms with Crippen LogP contribution in [0.15, 0.2) is 0 Å². The summed E-state index contributed by atoms with van der Waals surface area (Å²) in [5.74, 6) is 1.37. The molecule has 17 heavy (non-hydrogen) atoms. The Balaban J connectivity index is 2.61. The minimum Gasteiger partial charge on any atom is -0.299 e. The van der Waals surface area contributed by atoms with E-state index in [-0.39, 0.29) is 0 Å². The Hall–Kier alpha value is -0.570. The first-order valence-electron chi connectivity index (χ1n) is 6.68. The van der Waals surface area contributed by atoms with E-state index in [1.54, 1.807) is 0 Å². The first-order valence-corrected chi connectivity index (χ1v) is 7.06. The fourth-order valence-corrected chi connectivity index (χ4v) is 2.37. The molecule has 1 aromatic rings. The van der Waals surface area contributed by atoms with Gasteiger partial charge in [0.15, 0.2) is 0 Å². The molecule has 0 N–H and O–H groups in total. The Morgan fingerprint density at radius 3 is 2.41 bits per heavy atom. The second kappa shape index (κ2) is 7.00. The van der Waals surface area contributed by atoms with E-state index in [0.717, 1.165) is 12.2 Å². The average molecular weight is 258 g/mol. The summed E-state index contributed by atoms with van der Waals surface area (Å²) in [6, 6.07) is 0.395. The minimum absolute atomic E-state index is 0.369. The average Bonchev–Trinajstić information content (AvgIpc) is 2.66. The molecule has 1 rings (SSSR count). The summed E-state index contributed by atoms with van der Waals surface area (Å²) in [5, 5.41) is 8.67. The van der Waals surface area contributed by atoms with Crippen LogP contribution in [0.5, 0.6) is 0 Å². The number of hydrogen-bond acceptors (Lipinski definition) is 2. The van der Waals surface area contributed by atoms with Crippen LogP contribution in [-0.2, 0) is 0 Å². The summed E-state index contributed by atoms with van der Waals surface area (Å²) in [6.45, 7) is 8.69. The molecule has 0 aliphatic rings. The molecule has 0 fully saturated rings. The molecule has 0 aromatic carbocycles. The molecule has 0 bridgehead atoms. The second-order valence-corrected chi connectivity index (χ2v) is 5.39. The van der Waals surface area contributed by atoms with Crippen LogP contribution in [0.1, 0.15) is 77.6 Å². The van der Waals surface area contributed by atoms with E-state index in [1.807, 2.05) is 0 Å². The fourth-order valence-electron chi connectivity index (χ4n) is 2.08. The van der Waals surface area contributed by atoms with Crippen LogP contribution in [0.3, 0.4) is 0 Å². The quantitative estimate of drug-likeness (QED) is 0.669. The molecule has 1 heterocycles. The predicted octanol–water partition coefficient (Wildman–Crippen LogP) is 4.59. The summed E-state index contributed by atoms with van der Waals surface area (Å²) in [7, 11) is 0. The molecule has 0 saturated carbocycles. The molecule has 1 aromatic heterocycles. The van der Waals surface area contributed by atoms with Crippen LogP contribution in [0.25, 0.3) is 0 Å². The third kappa shape index (κ3) is 3.98. The molecule has 0 aliphatic carbocycles. The molecule has 0 radical (unpaired) electrons. The zero-order valence-electron chi connectivity index (χ0n) is 11.4. The Labute approximate surface area is 110 Å². The summed E-state index contributed by atoms with van der Waals surface area (Å²) >= 11 is 6.11. The van der Waals surface area contributed by atoms with Gasteiger partial charge in [-0.15, -0.1) is 10.2 Å². The minimum atomic E-state index is 0.369. The lowest BCUT2D eigenvalue weighted by molar-refractivity contribution is 0.452. The van der Waals surface area contributed by atoms with Gasteiger partial charge in [0.1, 0.15) is 5.82 Å². The van der Waals surface area contributed by atoms with Gasteiger partial charge in [0.05, 0.1) is 0 Å². The number of nitrogens with zero attached hydrogens (tertiary/aromatic N) is 3. The molecule has 98 valence electrons. The number of aromatic nitrogens is 3. The molecule has 1 atom stereocenters. The van der Waals surface area contributed by atoms with Crippen molar-refractivity contribution in [3.8, 4) is 0 Å². The number of halogens is 1. The Morgan fingerprint density at radius 1 is 1.12 bits per heavy atom. The van der Waals surface area contributed by atoms with Gasteiger partial charge < -0.3 is 0 Å². The lowest BCUT2D eigenvalue weighted by Crippen LogP contribution is -2.11. The molecular weight excluding hydrogens is 234 g/mol. The molecule has 4 heteroatoms. The van der Waals surface area contributed by atoms with Gasteiger partial charge in [0.2, 0.25) is 5.28 Å². The number of hydrogen-bond donors (Lipinski definition) is 0. The third-order valence-electron chi connectivity index (χ3n) is 3.11. The Bertz CT molecular complexity index is 333. The summed E-state index contributed by atoms with van der Waals surface area (Å²) < 4.78 is 2.08. The Morgan fingerprint density at radius 2 is 1.82 bits per heavy atom. The van der Waals surface area contributed by atoms with Gasteiger partial charge in [0, 0.05) is 12.0 Å². The van der Waals surface area contributed by atoms with Crippen LogP contribution >= 0.6 is 11.6 Å². The van der Waals surface area contributed by atoms with E-state index < -0.39 is 0 Å². The van der Waals surface area contributed by atoms with Crippen molar-refractivity contribution in [2.24, 2.45) is 0 Å². The molecule has 3 nitrogen and oxygen atoms in total. The van der Waals surface area contributed by atoms with Crippen molar-refractivity contribution >= 4 is 11.6 Å². The normalized spacial score (nSPS) is 13.3. The van der Waals surface area contributed by atoms with Gasteiger partial charge in [-0.05, 0) is 24.9 Å². The maximum atomic E-state index is 6.11. The highest BCUT2D eigenvalue weighted by Crippen LogP contribution is 2.25. The van der Waals surface area contributed by atoms with Gasteiger partial charge >= 0.3 is 0 Å².